The third kappa shape index (κ3) is 2.12. The number of carbonyl (C=O) groups is 2. The highest BCUT2D eigenvalue weighted by molar-refractivity contribution is 5.92. The summed E-state index contributed by atoms with van der Waals surface area (Å²) < 4.78 is 6.38. The molecular formula is C20H30O3. The lowest BCUT2D eigenvalue weighted by molar-refractivity contribution is -0.237. The number of fused-ring (bicyclic) bond motifs is 3. The lowest BCUT2D eigenvalue weighted by Gasteiger charge is -2.63. The Morgan fingerprint density at radius 2 is 1.70 bits per heavy atom. The summed E-state index contributed by atoms with van der Waals surface area (Å²) in [5, 5.41) is 0. The molecule has 0 bridgehead atoms. The summed E-state index contributed by atoms with van der Waals surface area (Å²) in [4.78, 5) is 25.5. The predicted octanol–water partition coefficient (Wildman–Crippen LogP) is 4.10. The normalized spacial score (nSPS) is 49.3. The first kappa shape index (κ1) is 16.9. The Bertz CT molecular complexity index is 577. The van der Waals surface area contributed by atoms with Crippen LogP contribution < -0.4 is 0 Å². The third-order valence-electron chi connectivity index (χ3n) is 7.49. The van der Waals surface area contributed by atoms with E-state index in [1.165, 1.54) is 0 Å². The van der Waals surface area contributed by atoms with Crippen molar-refractivity contribution in [2.24, 2.45) is 22.7 Å². The van der Waals surface area contributed by atoms with Crippen molar-refractivity contribution in [3.8, 4) is 0 Å². The molecule has 0 amide bonds. The number of carbonyl (C=O) groups excluding carboxylic acids is 2. The molecule has 0 spiro atoms. The van der Waals surface area contributed by atoms with Gasteiger partial charge in [-0.1, -0.05) is 26.8 Å². The molecule has 0 radical (unpaired) electrons. The first-order chi connectivity index (χ1) is 10.5. The maximum atomic E-state index is 13.1. The Morgan fingerprint density at radius 1 is 1.04 bits per heavy atom. The highest BCUT2D eigenvalue weighted by Crippen LogP contribution is 2.63. The molecule has 3 aliphatic rings. The van der Waals surface area contributed by atoms with Crippen LogP contribution in [0.4, 0.5) is 0 Å². The smallest absolute Gasteiger partial charge is 0.165 e. The van der Waals surface area contributed by atoms with Gasteiger partial charge in [0.25, 0.3) is 0 Å². The first-order valence-corrected chi connectivity index (χ1v) is 8.90. The van der Waals surface area contributed by atoms with Crippen LogP contribution in [0.1, 0.15) is 66.7 Å². The van der Waals surface area contributed by atoms with Crippen LogP contribution in [0.5, 0.6) is 0 Å². The molecule has 128 valence electrons. The molecule has 1 heterocycles. The van der Waals surface area contributed by atoms with Crippen LogP contribution in [-0.2, 0) is 14.3 Å². The Labute approximate surface area is 139 Å². The molecule has 0 unspecified atom stereocenters. The van der Waals surface area contributed by atoms with E-state index in [2.05, 4.69) is 13.5 Å². The standard InChI is InChI=1S/C20H30O3/c1-7-18(4)10-8-13-19(5)11-9-15(21)17(2,3)14(19)12-16(22)20(13,6)23-18/h7,13-14H,1,8-12H2,2-6H3/t13-,14+,18+,19-,20+/m1/s1. The second-order valence-electron chi connectivity index (χ2n) is 9.15. The molecule has 2 saturated carbocycles. The SMILES string of the molecule is C=C[C@@]1(C)CC[C@@H]2[C@@]3(C)CCC(=O)C(C)(C)[C@@H]3CC(=O)[C@@]2(C)O1. The van der Waals surface area contributed by atoms with E-state index in [1.807, 2.05) is 33.8 Å². The van der Waals surface area contributed by atoms with Crippen molar-refractivity contribution in [2.75, 3.05) is 0 Å². The quantitative estimate of drug-likeness (QED) is 0.684. The van der Waals surface area contributed by atoms with Crippen LogP contribution in [0.15, 0.2) is 12.7 Å². The molecule has 3 fully saturated rings. The van der Waals surface area contributed by atoms with Gasteiger partial charge in [0.15, 0.2) is 5.78 Å². The van der Waals surface area contributed by atoms with Crippen molar-refractivity contribution in [2.45, 2.75) is 77.9 Å². The number of hydrogen-bond acceptors (Lipinski definition) is 3. The number of rotatable bonds is 1. The van der Waals surface area contributed by atoms with Gasteiger partial charge in [-0.3, -0.25) is 9.59 Å². The average molecular weight is 318 g/mol. The van der Waals surface area contributed by atoms with Gasteiger partial charge in [0, 0.05) is 24.2 Å². The second kappa shape index (κ2) is 4.78. The van der Waals surface area contributed by atoms with Gasteiger partial charge in [-0.05, 0) is 44.4 Å². The van der Waals surface area contributed by atoms with Crippen molar-refractivity contribution >= 4 is 11.6 Å². The van der Waals surface area contributed by atoms with E-state index in [4.69, 9.17) is 4.74 Å². The van der Waals surface area contributed by atoms with Crippen LogP contribution >= 0.6 is 0 Å². The molecule has 3 rings (SSSR count). The van der Waals surface area contributed by atoms with Crippen molar-refractivity contribution in [3.63, 3.8) is 0 Å². The fraction of sp³-hybridized carbons (Fsp3) is 0.800. The molecule has 2 aliphatic carbocycles. The van der Waals surface area contributed by atoms with E-state index in [-0.39, 0.29) is 23.0 Å². The Balaban J connectivity index is 2.05. The fourth-order valence-corrected chi connectivity index (χ4v) is 5.86. The van der Waals surface area contributed by atoms with E-state index in [9.17, 15) is 9.59 Å². The summed E-state index contributed by atoms with van der Waals surface area (Å²) in [5.74, 6) is 0.782. The summed E-state index contributed by atoms with van der Waals surface area (Å²) in [6, 6.07) is 0. The third-order valence-corrected chi connectivity index (χ3v) is 7.49. The molecule has 1 aliphatic heterocycles. The highest BCUT2D eigenvalue weighted by atomic mass is 16.5. The monoisotopic (exact) mass is 318 g/mol. The van der Waals surface area contributed by atoms with Crippen molar-refractivity contribution in [3.05, 3.63) is 12.7 Å². The predicted molar refractivity (Wildman–Crippen MR) is 90.1 cm³/mol. The van der Waals surface area contributed by atoms with Gasteiger partial charge in [-0.15, -0.1) is 6.58 Å². The zero-order valence-corrected chi connectivity index (χ0v) is 15.2. The van der Waals surface area contributed by atoms with Gasteiger partial charge in [0.1, 0.15) is 11.4 Å². The molecular weight excluding hydrogens is 288 g/mol. The summed E-state index contributed by atoms with van der Waals surface area (Å²) in [6.07, 6.45) is 5.64. The molecule has 0 aromatic carbocycles. The lowest BCUT2D eigenvalue weighted by atomic mass is 9.44. The van der Waals surface area contributed by atoms with Crippen molar-refractivity contribution in [1.82, 2.24) is 0 Å². The molecule has 1 saturated heterocycles. The zero-order chi connectivity index (χ0) is 17.3. The van der Waals surface area contributed by atoms with Crippen molar-refractivity contribution in [1.29, 1.82) is 0 Å². The number of Topliss-reactive ketones (excluding diaryl/α,β-unsaturated/α-hetero) is 2. The maximum Gasteiger partial charge on any atom is 0.165 e. The van der Waals surface area contributed by atoms with Gasteiger partial charge >= 0.3 is 0 Å². The summed E-state index contributed by atoms with van der Waals surface area (Å²) in [6.45, 7) is 14.3. The summed E-state index contributed by atoms with van der Waals surface area (Å²) in [7, 11) is 0. The van der Waals surface area contributed by atoms with Gasteiger partial charge in [-0.2, -0.15) is 0 Å². The molecule has 3 nitrogen and oxygen atoms in total. The van der Waals surface area contributed by atoms with Crippen LogP contribution in [0.2, 0.25) is 0 Å². The number of ether oxygens (including phenoxy) is 1. The van der Waals surface area contributed by atoms with Gasteiger partial charge in [0.2, 0.25) is 0 Å². The first-order valence-electron chi connectivity index (χ1n) is 8.90. The average Bonchev–Trinajstić information content (AvgIpc) is 2.47. The molecule has 0 aromatic heterocycles. The molecule has 3 heteroatoms. The largest absolute Gasteiger partial charge is 0.357 e. The van der Waals surface area contributed by atoms with E-state index in [1.54, 1.807) is 0 Å². The minimum absolute atomic E-state index is 0.0113. The molecule has 23 heavy (non-hydrogen) atoms. The number of hydrogen-bond donors (Lipinski definition) is 0. The van der Waals surface area contributed by atoms with Crippen LogP contribution in [0, 0.1) is 22.7 Å². The lowest BCUT2D eigenvalue weighted by Crippen LogP contribution is -2.67. The Morgan fingerprint density at radius 3 is 2.30 bits per heavy atom. The van der Waals surface area contributed by atoms with E-state index >= 15 is 0 Å². The van der Waals surface area contributed by atoms with Gasteiger partial charge < -0.3 is 4.74 Å². The Kier molecular flexibility index (Phi) is 3.51. The van der Waals surface area contributed by atoms with E-state index in [0.29, 0.717) is 18.6 Å². The maximum absolute atomic E-state index is 13.1. The van der Waals surface area contributed by atoms with Gasteiger partial charge in [-0.25, -0.2) is 0 Å². The molecule has 5 atom stereocenters. The van der Waals surface area contributed by atoms with Crippen molar-refractivity contribution < 1.29 is 14.3 Å². The van der Waals surface area contributed by atoms with Crippen LogP contribution in [0.25, 0.3) is 0 Å². The molecule has 0 N–H and O–H groups in total. The highest BCUT2D eigenvalue weighted by Gasteiger charge is 2.66. The van der Waals surface area contributed by atoms with E-state index in [0.717, 1.165) is 19.3 Å². The fourth-order valence-electron chi connectivity index (χ4n) is 5.86. The topological polar surface area (TPSA) is 43.4 Å². The van der Waals surface area contributed by atoms with Crippen LogP contribution in [-0.4, -0.2) is 22.8 Å². The van der Waals surface area contributed by atoms with Crippen LogP contribution in [0.3, 0.4) is 0 Å². The Hall–Kier alpha value is -0.960. The van der Waals surface area contributed by atoms with Gasteiger partial charge in [0.05, 0.1) is 5.60 Å². The van der Waals surface area contributed by atoms with E-state index < -0.39 is 16.6 Å². The summed E-state index contributed by atoms with van der Waals surface area (Å²) in [5.41, 5.74) is -1.60. The minimum atomic E-state index is -0.747. The summed E-state index contributed by atoms with van der Waals surface area (Å²) >= 11 is 0. The minimum Gasteiger partial charge on any atom is -0.357 e. The zero-order valence-electron chi connectivity index (χ0n) is 15.2. The second-order valence-corrected chi connectivity index (χ2v) is 9.15. The number of ketones is 2. The molecule has 0 aromatic rings.